The number of nitrogens with zero attached hydrogens (tertiary/aromatic N) is 1. The normalized spacial score (nSPS) is 14.9. The van der Waals surface area contributed by atoms with Crippen molar-refractivity contribution in [3.8, 4) is 0 Å². The van der Waals surface area contributed by atoms with Crippen LogP contribution in [0.5, 0.6) is 0 Å². The van der Waals surface area contributed by atoms with Gasteiger partial charge in [-0.25, -0.2) is 0 Å². The minimum absolute atomic E-state index is 0.473. The lowest BCUT2D eigenvalue weighted by Gasteiger charge is -2.35. The molecule has 2 N–H and O–H groups in total. The second kappa shape index (κ2) is 7.58. The van der Waals surface area contributed by atoms with Crippen LogP contribution < -0.4 is 5.32 Å². The molecule has 2 aromatic rings. The third kappa shape index (κ3) is 4.31. The van der Waals surface area contributed by atoms with Crippen LogP contribution in [0.1, 0.15) is 16.8 Å². The number of nitrogens with one attached hydrogen (secondary N) is 1. The Balaban J connectivity index is 2.37. The number of hydrogen-bond donors (Lipinski definition) is 2. The average Bonchev–Trinajstić information content (AvgIpc) is 2.64. The van der Waals surface area contributed by atoms with E-state index in [2.05, 4.69) is 4.98 Å². The fourth-order valence-corrected chi connectivity index (χ4v) is 2.39. The van der Waals surface area contributed by atoms with Gasteiger partial charge in [0.05, 0.1) is 17.8 Å². The number of aliphatic hydroxyl groups is 1. The Morgan fingerprint density at radius 2 is 1.52 bits per heavy atom. The highest BCUT2D eigenvalue weighted by atomic mass is 19.4. The minimum Gasteiger partial charge on any atom is -0.370 e. The zero-order valence-electron chi connectivity index (χ0n) is 14.2. The first-order valence-electron chi connectivity index (χ1n) is 7.74. The van der Waals surface area contributed by atoms with Crippen LogP contribution >= 0.6 is 0 Å². The van der Waals surface area contributed by atoms with Crippen molar-refractivity contribution in [3.05, 3.63) is 65.5 Å². The molecular weight excluding hydrogens is 416 g/mol. The number of halogens is 8. The van der Waals surface area contributed by atoms with E-state index in [0.29, 0.717) is 24.3 Å². The molecule has 1 heterocycles. The predicted molar refractivity (Wildman–Crippen MR) is 82.4 cm³/mol. The van der Waals surface area contributed by atoms with Crippen LogP contribution in [-0.2, 0) is 23.1 Å². The third-order valence-electron chi connectivity index (χ3n) is 3.90. The number of pyridine rings is 1. The van der Waals surface area contributed by atoms with E-state index in [4.69, 9.17) is 0 Å². The van der Waals surface area contributed by atoms with Gasteiger partial charge < -0.3 is 10.4 Å². The van der Waals surface area contributed by atoms with Crippen molar-refractivity contribution in [3.63, 3.8) is 0 Å². The Morgan fingerprint density at radius 1 is 0.931 bits per heavy atom. The van der Waals surface area contributed by atoms with E-state index in [-0.39, 0.29) is 0 Å². The van der Waals surface area contributed by atoms with Gasteiger partial charge in [0.2, 0.25) is 5.60 Å². The molecular formula is C17H12F8N2O2. The molecule has 0 radical (unpaired) electrons. The van der Waals surface area contributed by atoms with Gasteiger partial charge in [-0.2, -0.15) is 35.1 Å². The summed E-state index contributed by atoms with van der Waals surface area (Å²) in [5.41, 5.74) is -7.07. The van der Waals surface area contributed by atoms with Crippen molar-refractivity contribution in [1.82, 2.24) is 10.3 Å². The lowest BCUT2D eigenvalue weighted by atomic mass is 9.85. The van der Waals surface area contributed by atoms with E-state index < -0.39 is 53.1 Å². The molecule has 1 unspecified atom stereocenters. The maximum absolute atomic E-state index is 14.1. The second-order valence-corrected chi connectivity index (χ2v) is 5.86. The van der Waals surface area contributed by atoms with Gasteiger partial charge in [0.1, 0.15) is 0 Å². The maximum Gasteiger partial charge on any atom is 0.457 e. The van der Waals surface area contributed by atoms with Crippen LogP contribution in [0.25, 0.3) is 0 Å². The average molecular weight is 428 g/mol. The van der Waals surface area contributed by atoms with Crippen molar-refractivity contribution in [2.24, 2.45) is 0 Å². The number of benzene rings is 1. The van der Waals surface area contributed by atoms with Crippen molar-refractivity contribution in [2.75, 3.05) is 0 Å². The van der Waals surface area contributed by atoms with Crippen LogP contribution in [0.2, 0.25) is 0 Å². The summed E-state index contributed by atoms with van der Waals surface area (Å²) in [6.07, 6.45) is -10.4. The van der Waals surface area contributed by atoms with E-state index in [0.717, 1.165) is 18.3 Å². The molecule has 0 fully saturated rings. The predicted octanol–water partition coefficient (Wildman–Crippen LogP) is 3.80. The van der Waals surface area contributed by atoms with Gasteiger partial charge in [0.25, 0.3) is 5.91 Å². The summed E-state index contributed by atoms with van der Waals surface area (Å²) in [5.74, 6) is -8.07. The first-order chi connectivity index (χ1) is 13.2. The van der Waals surface area contributed by atoms with Gasteiger partial charge in [0.15, 0.2) is 0 Å². The monoisotopic (exact) mass is 428 g/mol. The molecule has 0 saturated heterocycles. The molecule has 29 heavy (non-hydrogen) atoms. The fraction of sp³-hybridized carbons (Fsp3) is 0.294. The smallest absolute Gasteiger partial charge is 0.370 e. The van der Waals surface area contributed by atoms with E-state index in [9.17, 15) is 45.0 Å². The Labute approximate surface area is 158 Å². The topological polar surface area (TPSA) is 62.2 Å². The molecule has 0 saturated carbocycles. The van der Waals surface area contributed by atoms with Crippen LogP contribution in [-0.4, -0.2) is 28.1 Å². The lowest BCUT2D eigenvalue weighted by Crippen LogP contribution is -2.62. The van der Waals surface area contributed by atoms with Crippen LogP contribution in [0, 0.1) is 0 Å². The third-order valence-corrected chi connectivity index (χ3v) is 3.90. The molecule has 0 aliphatic rings. The van der Waals surface area contributed by atoms with Gasteiger partial charge in [-0.3, -0.25) is 9.78 Å². The second-order valence-electron chi connectivity index (χ2n) is 5.86. The molecule has 0 spiro atoms. The number of carbonyl (C=O) groups is 1. The highest BCUT2D eigenvalue weighted by Gasteiger charge is 2.73. The summed E-state index contributed by atoms with van der Waals surface area (Å²) >= 11 is 0. The van der Waals surface area contributed by atoms with E-state index in [1.54, 1.807) is 5.32 Å². The van der Waals surface area contributed by atoms with Crippen molar-refractivity contribution in [2.45, 2.75) is 30.4 Å². The standard InChI is InChI=1S/C17H12F8N2O2/c18-15(19,20)11-6-7-26-12(8-11)9-27-13(28)14(29,10-4-2-1-3-5-10)16(21,22)17(23,24)25/h1-8,29H,9H2,(H,27,28). The van der Waals surface area contributed by atoms with Gasteiger partial charge in [-0.05, 0) is 17.7 Å². The first-order valence-corrected chi connectivity index (χ1v) is 7.74. The lowest BCUT2D eigenvalue weighted by molar-refractivity contribution is -0.337. The Hall–Kier alpha value is -2.76. The fourth-order valence-electron chi connectivity index (χ4n) is 2.39. The zero-order valence-corrected chi connectivity index (χ0v) is 14.2. The summed E-state index contributed by atoms with van der Waals surface area (Å²) in [7, 11) is 0. The summed E-state index contributed by atoms with van der Waals surface area (Å²) < 4.78 is 105. The molecule has 4 nitrogen and oxygen atoms in total. The summed E-state index contributed by atoms with van der Waals surface area (Å²) in [6, 6.07) is 5.74. The van der Waals surface area contributed by atoms with Crippen molar-refractivity contribution >= 4 is 5.91 Å². The quantitative estimate of drug-likeness (QED) is 0.713. The largest absolute Gasteiger partial charge is 0.457 e. The molecule has 1 amide bonds. The number of aromatic nitrogens is 1. The van der Waals surface area contributed by atoms with Crippen LogP contribution in [0.15, 0.2) is 48.7 Å². The van der Waals surface area contributed by atoms with E-state index >= 15 is 0 Å². The Bertz CT molecular complexity index is 868. The number of amides is 1. The van der Waals surface area contributed by atoms with Gasteiger partial charge in [-0.15, -0.1) is 0 Å². The number of alkyl halides is 8. The maximum atomic E-state index is 14.1. The van der Waals surface area contributed by atoms with Crippen molar-refractivity contribution < 1.29 is 45.0 Å². The number of hydrogen-bond acceptors (Lipinski definition) is 3. The van der Waals surface area contributed by atoms with Gasteiger partial charge in [-0.1, -0.05) is 30.3 Å². The van der Waals surface area contributed by atoms with Crippen molar-refractivity contribution in [1.29, 1.82) is 0 Å². The number of carbonyl (C=O) groups excluding carboxylic acids is 1. The molecule has 0 bridgehead atoms. The Morgan fingerprint density at radius 3 is 2.03 bits per heavy atom. The summed E-state index contributed by atoms with van der Waals surface area (Å²) in [4.78, 5) is 15.7. The molecule has 12 heteroatoms. The van der Waals surface area contributed by atoms with E-state index in [1.807, 2.05) is 0 Å². The highest BCUT2D eigenvalue weighted by molar-refractivity contribution is 5.87. The number of rotatable bonds is 5. The first kappa shape index (κ1) is 22.5. The molecule has 158 valence electrons. The Kier molecular flexibility index (Phi) is 5.89. The summed E-state index contributed by atoms with van der Waals surface area (Å²) in [6.45, 7) is -0.939. The van der Waals surface area contributed by atoms with Gasteiger partial charge >= 0.3 is 18.3 Å². The molecule has 1 aromatic carbocycles. The SMILES string of the molecule is O=C(NCc1cc(C(F)(F)F)ccn1)C(O)(c1ccccc1)C(F)(F)C(F)(F)F. The highest BCUT2D eigenvalue weighted by Crippen LogP contribution is 2.48. The van der Waals surface area contributed by atoms with Crippen LogP contribution in [0.4, 0.5) is 35.1 Å². The molecule has 1 aromatic heterocycles. The molecule has 2 rings (SSSR count). The minimum atomic E-state index is -6.30. The van der Waals surface area contributed by atoms with Gasteiger partial charge in [0, 0.05) is 6.20 Å². The molecule has 1 atom stereocenters. The zero-order chi connectivity index (χ0) is 22.1. The van der Waals surface area contributed by atoms with E-state index in [1.165, 1.54) is 6.07 Å². The van der Waals surface area contributed by atoms with Crippen LogP contribution in [0.3, 0.4) is 0 Å². The summed E-state index contributed by atoms with van der Waals surface area (Å²) in [5, 5.41) is 11.8. The molecule has 0 aliphatic carbocycles. The molecule has 0 aliphatic heterocycles.